The van der Waals surface area contributed by atoms with Crippen molar-refractivity contribution in [1.29, 1.82) is 0 Å². The van der Waals surface area contributed by atoms with E-state index in [1.165, 1.54) is 19.3 Å². The van der Waals surface area contributed by atoms with Crippen molar-refractivity contribution in [3.8, 4) is 0 Å². The van der Waals surface area contributed by atoms with E-state index >= 15 is 0 Å². The molecule has 1 aliphatic heterocycles. The van der Waals surface area contributed by atoms with E-state index in [9.17, 15) is 9.59 Å². The van der Waals surface area contributed by atoms with Crippen LogP contribution < -0.4 is 5.32 Å². The number of rotatable bonds is 3. The number of carbonyl (C=O) groups is 2. The van der Waals surface area contributed by atoms with Gasteiger partial charge >= 0.3 is 0 Å². The lowest BCUT2D eigenvalue weighted by Crippen LogP contribution is -2.50. The fourth-order valence-electron chi connectivity index (χ4n) is 2.61. The van der Waals surface area contributed by atoms with Crippen LogP contribution in [-0.2, 0) is 4.79 Å². The lowest BCUT2D eigenvalue weighted by Gasteiger charge is -2.33. The quantitative estimate of drug-likeness (QED) is 0.866. The van der Waals surface area contributed by atoms with Crippen LogP contribution in [0.4, 0.5) is 11.5 Å². The molecule has 1 aromatic heterocycles. The number of hydrogen-bond acceptors (Lipinski definition) is 5. The number of halogens is 2. The van der Waals surface area contributed by atoms with Gasteiger partial charge in [-0.3, -0.25) is 9.59 Å². The van der Waals surface area contributed by atoms with Gasteiger partial charge in [0.25, 0.3) is 5.91 Å². The highest BCUT2D eigenvalue weighted by Crippen LogP contribution is 2.26. The number of amides is 2. The number of nitrogens with one attached hydrogen (secondary N) is 1. The molecule has 9 heteroatoms. The molecular weight excluding hydrogens is 377 g/mol. The molecule has 1 aliphatic rings. The third-order valence-corrected chi connectivity index (χ3v) is 4.81. The molecule has 1 fully saturated rings. The molecule has 26 heavy (non-hydrogen) atoms. The minimum absolute atomic E-state index is 0.0228. The summed E-state index contributed by atoms with van der Waals surface area (Å²) in [5.41, 5.74) is 0.981. The fraction of sp³-hybridized carbons (Fsp3) is 0.294. The summed E-state index contributed by atoms with van der Waals surface area (Å²) in [6, 6.07) is 5.13. The summed E-state index contributed by atoms with van der Waals surface area (Å²) in [6.45, 7) is 3.58. The molecule has 2 heterocycles. The Kier molecular flexibility index (Phi) is 5.58. The molecule has 136 valence electrons. The van der Waals surface area contributed by atoms with Crippen LogP contribution in [0.15, 0.2) is 30.6 Å². The first kappa shape index (κ1) is 18.4. The van der Waals surface area contributed by atoms with E-state index in [1.54, 1.807) is 28.0 Å². The number of nitrogens with zero attached hydrogens (tertiary/aromatic N) is 4. The topological polar surface area (TPSA) is 78.4 Å². The largest absolute Gasteiger partial charge is 0.339 e. The van der Waals surface area contributed by atoms with Crippen molar-refractivity contribution >= 4 is 46.5 Å². The van der Waals surface area contributed by atoms with Crippen molar-refractivity contribution in [2.24, 2.45) is 0 Å². The summed E-state index contributed by atoms with van der Waals surface area (Å²) in [4.78, 5) is 35.7. The molecule has 0 saturated carbocycles. The molecule has 7 nitrogen and oxygen atoms in total. The third-order valence-electron chi connectivity index (χ3n) is 4.08. The second kappa shape index (κ2) is 7.88. The maximum absolute atomic E-state index is 12.5. The summed E-state index contributed by atoms with van der Waals surface area (Å²) >= 11 is 11.9. The van der Waals surface area contributed by atoms with E-state index < -0.39 is 0 Å². The molecule has 0 atom stereocenters. The summed E-state index contributed by atoms with van der Waals surface area (Å²) in [7, 11) is 0. The first-order chi connectivity index (χ1) is 12.4. The molecule has 0 unspecified atom stereocenters. The van der Waals surface area contributed by atoms with Gasteiger partial charge in [0, 0.05) is 38.8 Å². The van der Waals surface area contributed by atoms with E-state index in [4.69, 9.17) is 23.2 Å². The average Bonchev–Trinajstić information content (AvgIpc) is 2.65. The van der Waals surface area contributed by atoms with E-state index in [1.807, 2.05) is 0 Å². The zero-order valence-electron chi connectivity index (χ0n) is 14.1. The zero-order valence-corrected chi connectivity index (χ0v) is 15.6. The Hall–Kier alpha value is -2.38. The molecule has 2 aromatic rings. The maximum Gasteiger partial charge on any atom is 0.274 e. The Morgan fingerprint density at radius 3 is 2.27 bits per heavy atom. The van der Waals surface area contributed by atoms with Crippen LogP contribution in [0.1, 0.15) is 17.4 Å². The lowest BCUT2D eigenvalue weighted by molar-refractivity contribution is -0.130. The second-order valence-corrected chi connectivity index (χ2v) is 6.65. The number of carbonyl (C=O) groups excluding carboxylic acids is 2. The number of benzene rings is 1. The molecule has 0 aliphatic carbocycles. The Labute approximate surface area is 160 Å². The molecule has 2 amide bonds. The highest BCUT2D eigenvalue weighted by atomic mass is 35.5. The molecule has 1 saturated heterocycles. The van der Waals surface area contributed by atoms with Crippen LogP contribution in [0.3, 0.4) is 0 Å². The van der Waals surface area contributed by atoms with E-state index in [0.29, 0.717) is 47.7 Å². The summed E-state index contributed by atoms with van der Waals surface area (Å²) < 4.78 is 0. The molecule has 1 N–H and O–H groups in total. The minimum Gasteiger partial charge on any atom is -0.339 e. The van der Waals surface area contributed by atoms with E-state index in [-0.39, 0.29) is 17.5 Å². The molecule has 1 aromatic carbocycles. The second-order valence-electron chi connectivity index (χ2n) is 5.84. The first-order valence-electron chi connectivity index (χ1n) is 8.03. The number of piperazine rings is 1. The molecule has 0 bridgehead atoms. The van der Waals surface area contributed by atoms with Crippen molar-refractivity contribution < 1.29 is 9.59 Å². The SMILES string of the molecule is CC(=O)N1CCN(C(=O)c2cnc(Nc3ccc(Cl)c(Cl)c3)cn2)CC1. The summed E-state index contributed by atoms with van der Waals surface area (Å²) in [6.07, 6.45) is 2.92. The number of anilines is 2. The molecular formula is C17H17Cl2N5O2. The fourth-order valence-corrected chi connectivity index (χ4v) is 2.91. The van der Waals surface area contributed by atoms with Crippen LogP contribution >= 0.6 is 23.2 Å². The van der Waals surface area contributed by atoms with E-state index in [2.05, 4.69) is 15.3 Å². The van der Waals surface area contributed by atoms with Gasteiger partial charge in [0.05, 0.1) is 22.4 Å². The van der Waals surface area contributed by atoms with Crippen molar-refractivity contribution in [2.75, 3.05) is 31.5 Å². The van der Waals surface area contributed by atoms with Gasteiger partial charge in [0.15, 0.2) is 0 Å². The molecule has 0 spiro atoms. The van der Waals surface area contributed by atoms with Crippen molar-refractivity contribution in [2.45, 2.75) is 6.92 Å². The highest BCUT2D eigenvalue weighted by molar-refractivity contribution is 6.42. The summed E-state index contributed by atoms with van der Waals surface area (Å²) in [5.74, 6) is 0.317. The predicted octanol–water partition coefficient (Wildman–Crippen LogP) is 2.83. The number of hydrogen-bond donors (Lipinski definition) is 1. The molecule has 0 radical (unpaired) electrons. The lowest BCUT2D eigenvalue weighted by atomic mass is 10.2. The van der Waals surface area contributed by atoms with Gasteiger partial charge in [0.2, 0.25) is 5.91 Å². The normalized spacial score (nSPS) is 14.3. The number of aromatic nitrogens is 2. The Balaban J connectivity index is 1.63. The zero-order chi connectivity index (χ0) is 18.7. The van der Waals surface area contributed by atoms with Gasteiger partial charge in [-0.1, -0.05) is 23.2 Å². The predicted molar refractivity (Wildman–Crippen MR) is 99.9 cm³/mol. The van der Waals surface area contributed by atoms with Gasteiger partial charge in [-0.15, -0.1) is 0 Å². The minimum atomic E-state index is -0.193. The average molecular weight is 394 g/mol. The standard InChI is InChI=1S/C17H17Cl2N5O2/c1-11(25)23-4-6-24(7-5-23)17(26)15-9-21-16(10-20-15)22-12-2-3-13(18)14(19)8-12/h2-3,8-10H,4-7H2,1H3,(H,21,22). The van der Waals surface area contributed by atoms with Crippen LogP contribution in [0.25, 0.3) is 0 Å². The Bertz CT molecular complexity index is 820. The summed E-state index contributed by atoms with van der Waals surface area (Å²) in [5, 5.41) is 3.95. The van der Waals surface area contributed by atoms with Crippen molar-refractivity contribution in [1.82, 2.24) is 19.8 Å². The monoisotopic (exact) mass is 393 g/mol. The van der Waals surface area contributed by atoms with Gasteiger partial charge in [-0.05, 0) is 18.2 Å². The third kappa shape index (κ3) is 4.23. The van der Waals surface area contributed by atoms with Gasteiger partial charge in [-0.2, -0.15) is 0 Å². The van der Waals surface area contributed by atoms with Crippen LogP contribution in [0.2, 0.25) is 10.0 Å². The van der Waals surface area contributed by atoms with Crippen LogP contribution in [0, 0.1) is 0 Å². The van der Waals surface area contributed by atoms with Gasteiger partial charge in [0.1, 0.15) is 11.5 Å². The Morgan fingerprint density at radius 1 is 1.00 bits per heavy atom. The van der Waals surface area contributed by atoms with Crippen LogP contribution in [-0.4, -0.2) is 57.8 Å². The van der Waals surface area contributed by atoms with Crippen molar-refractivity contribution in [3.05, 3.63) is 46.3 Å². The highest BCUT2D eigenvalue weighted by Gasteiger charge is 2.24. The van der Waals surface area contributed by atoms with Gasteiger partial charge < -0.3 is 15.1 Å². The maximum atomic E-state index is 12.5. The molecule has 3 rings (SSSR count). The Morgan fingerprint density at radius 2 is 1.69 bits per heavy atom. The van der Waals surface area contributed by atoms with Crippen molar-refractivity contribution in [3.63, 3.8) is 0 Å². The van der Waals surface area contributed by atoms with Gasteiger partial charge in [-0.25, -0.2) is 9.97 Å². The smallest absolute Gasteiger partial charge is 0.274 e. The van der Waals surface area contributed by atoms with Crippen LogP contribution in [0.5, 0.6) is 0 Å². The van der Waals surface area contributed by atoms with E-state index in [0.717, 1.165) is 0 Å². The first-order valence-corrected chi connectivity index (χ1v) is 8.78.